The number of aromatic carboxylic acids is 1. The first-order valence-corrected chi connectivity index (χ1v) is 12.9. The summed E-state index contributed by atoms with van der Waals surface area (Å²) in [4.78, 5) is 15.1. The van der Waals surface area contributed by atoms with Crippen molar-refractivity contribution in [2.45, 2.75) is 4.90 Å². The maximum atomic E-state index is 11.6. The normalized spacial score (nSPS) is 11.6. The number of nitrogens with one attached hydrogen (secondary N) is 3. The number of hydrogen-bond donors (Lipinski definition) is 5. The minimum atomic E-state index is -3.84. The SMILES string of the molecule is N=C(/C(=C\Nc1nc(C(=O)O)cs1)Nc1ccc(S(N)(=O)=O)cc1)c1cccc(-c2ccccc2)c1. The van der Waals surface area contributed by atoms with Crippen molar-refractivity contribution in [1.82, 2.24) is 4.98 Å². The number of rotatable bonds is 9. The molecule has 0 unspecified atom stereocenters. The van der Waals surface area contributed by atoms with Gasteiger partial charge in [0.2, 0.25) is 10.0 Å². The molecule has 4 rings (SSSR count). The van der Waals surface area contributed by atoms with E-state index in [4.69, 9.17) is 15.7 Å². The molecule has 0 atom stereocenters. The van der Waals surface area contributed by atoms with Gasteiger partial charge in [0.15, 0.2) is 10.8 Å². The van der Waals surface area contributed by atoms with E-state index in [1.165, 1.54) is 35.8 Å². The lowest BCUT2D eigenvalue weighted by atomic mass is 10.00. The van der Waals surface area contributed by atoms with Gasteiger partial charge in [-0.25, -0.2) is 23.3 Å². The van der Waals surface area contributed by atoms with Gasteiger partial charge in [0.1, 0.15) is 0 Å². The zero-order valence-corrected chi connectivity index (χ0v) is 20.3. The van der Waals surface area contributed by atoms with Crippen molar-refractivity contribution in [1.29, 1.82) is 5.41 Å². The van der Waals surface area contributed by atoms with Gasteiger partial charge in [-0.1, -0.05) is 48.5 Å². The summed E-state index contributed by atoms with van der Waals surface area (Å²) >= 11 is 1.11. The van der Waals surface area contributed by atoms with E-state index in [1.807, 2.05) is 48.5 Å². The summed E-state index contributed by atoms with van der Waals surface area (Å²) in [5, 5.41) is 31.0. The molecule has 1 aromatic heterocycles. The predicted molar refractivity (Wildman–Crippen MR) is 141 cm³/mol. The minimum Gasteiger partial charge on any atom is -0.476 e. The third-order valence-corrected chi connectivity index (χ3v) is 6.76. The Kier molecular flexibility index (Phi) is 7.25. The lowest BCUT2D eigenvalue weighted by Gasteiger charge is -2.14. The third kappa shape index (κ3) is 6.02. The highest BCUT2D eigenvalue weighted by atomic mass is 32.2. The molecular formula is C25H21N5O4S2. The molecule has 0 amide bonds. The van der Waals surface area contributed by atoms with Crippen LogP contribution in [0, 0.1) is 5.41 Å². The van der Waals surface area contributed by atoms with Gasteiger partial charge >= 0.3 is 5.97 Å². The second-order valence-electron chi connectivity index (χ2n) is 7.56. The molecule has 0 fully saturated rings. The third-order valence-electron chi connectivity index (χ3n) is 5.05. The average Bonchev–Trinajstić information content (AvgIpc) is 3.36. The van der Waals surface area contributed by atoms with E-state index in [0.29, 0.717) is 22.1 Å². The molecular weight excluding hydrogens is 498 g/mol. The Balaban J connectivity index is 1.66. The van der Waals surface area contributed by atoms with E-state index in [2.05, 4.69) is 15.6 Å². The highest BCUT2D eigenvalue weighted by Crippen LogP contribution is 2.23. The monoisotopic (exact) mass is 519 g/mol. The summed E-state index contributed by atoms with van der Waals surface area (Å²) in [5.41, 5.74) is 3.49. The average molecular weight is 520 g/mol. The number of anilines is 2. The molecule has 0 aliphatic heterocycles. The molecule has 36 heavy (non-hydrogen) atoms. The molecule has 3 aromatic carbocycles. The number of thiazole rings is 1. The van der Waals surface area contributed by atoms with Crippen LogP contribution in [-0.4, -0.2) is 30.2 Å². The van der Waals surface area contributed by atoms with Crippen LogP contribution in [0.25, 0.3) is 11.1 Å². The van der Waals surface area contributed by atoms with Crippen LogP contribution >= 0.6 is 11.3 Å². The summed E-state index contributed by atoms with van der Waals surface area (Å²) in [6.45, 7) is 0. The first-order valence-electron chi connectivity index (χ1n) is 10.5. The maximum absolute atomic E-state index is 11.6. The van der Waals surface area contributed by atoms with Crippen LogP contribution in [0.15, 0.2) is 101 Å². The number of carboxylic acids is 1. The summed E-state index contributed by atoms with van der Waals surface area (Å²) in [6, 6.07) is 23.1. The van der Waals surface area contributed by atoms with Crippen LogP contribution in [0.1, 0.15) is 16.1 Å². The highest BCUT2D eigenvalue weighted by Gasteiger charge is 2.13. The van der Waals surface area contributed by atoms with E-state index in [-0.39, 0.29) is 16.3 Å². The van der Waals surface area contributed by atoms with Gasteiger partial charge in [-0.05, 0) is 41.5 Å². The molecule has 0 saturated heterocycles. The fraction of sp³-hybridized carbons (Fsp3) is 0. The van der Waals surface area contributed by atoms with E-state index < -0.39 is 16.0 Å². The number of nitrogens with two attached hydrogens (primary N) is 1. The molecule has 0 spiro atoms. The number of allylic oxidation sites excluding steroid dienone is 1. The van der Waals surface area contributed by atoms with Gasteiger partial charge < -0.3 is 15.7 Å². The van der Waals surface area contributed by atoms with Gasteiger partial charge in [0, 0.05) is 22.8 Å². The van der Waals surface area contributed by atoms with Crippen molar-refractivity contribution in [3.63, 3.8) is 0 Å². The van der Waals surface area contributed by atoms with Crippen LogP contribution in [0.4, 0.5) is 10.8 Å². The van der Waals surface area contributed by atoms with Crippen molar-refractivity contribution in [2.75, 3.05) is 10.6 Å². The van der Waals surface area contributed by atoms with E-state index in [0.717, 1.165) is 22.5 Å². The summed E-state index contributed by atoms with van der Waals surface area (Å²) in [5.74, 6) is -1.14. The zero-order chi connectivity index (χ0) is 25.7. The van der Waals surface area contributed by atoms with Gasteiger partial charge in [-0.2, -0.15) is 0 Å². The Morgan fingerprint density at radius 1 is 1.00 bits per heavy atom. The van der Waals surface area contributed by atoms with E-state index in [9.17, 15) is 13.2 Å². The Morgan fingerprint density at radius 2 is 1.69 bits per heavy atom. The Hall–Kier alpha value is -4.32. The zero-order valence-electron chi connectivity index (χ0n) is 18.7. The Morgan fingerprint density at radius 3 is 2.33 bits per heavy atom. The molecule has 182 valence electrons. The largest absolute Gasteiger partial charge is 0.476 e. The van der Waals surface area contributed by atoms with Crippen molar-refractivity contribution in [2.24, 2.45) is 5.14 Å². The Labute approximate surface area is 211 Å². The van der Waals surface area contributed by atoms with Crippen LogP contribution in [0.3, 0.4) is 0 Å². The number of hydrogen-bond acceptors (Lipinski definition) is 8. The molecule has 4 aromatic rings. The van der Waals surface area contributed by atoms with Crippen LogP contribution in [0.5, 0.6) is 0 Å². The van der Waals surface area contributed by atoms with E-state index >= 15 is 0 Å². The second-order valence-corrected chi connectivity index (χ2v) is 9.98. The lowest BCUT2D eigenvalue weighted by Crippen LogP contribution is -2.15. The molecule has 0 aliphatic carbocycles. The number of sulfonamides is 1. The van der Waals surface area contributed by atoms with Crippen molar-refractivity contribution < 1.29 is 18.3 Å². The number of carbonyl (C=O) groups is 1. The molecule has 0 bridgehead atoms. The van der Waals surface area contributed by atoms with Gasteiger partial charge in [0.25, 0.3) is 0 Å². The molecule has 11 heteroatoms. The van der Waals surface area contributed by atoms with Crippen LogP contribution in [-0.2, 0) is 10.0 Å². The summed E-state index contributed by atoms with van der Waals surface area (Å²) in [7, 11) is -3.84. The van der Waals surface area contributed by atoms with E-state index in [1.54, 1.807) is 6.07 Å². The van der Waals surface area contributed by atoms with Crippen LogP contribution in [0.2, 0.25) is 0 Å². The van der Waals surface area contributed by atoms with Gasteiger partial charge in [-0.15, -0.1) is 11.3 Å². The lowest BCUT2D eigenvalue weighted by molar-refractivity contribution is 0.0691. The van der Waals surface area contributed by atoms with Gasteiger partial charge in [-0.3, -0.25) is 5.41 Å². The van der Waals surface area contributed by atoms with Crippen LogP contribution < -0.4 is 15.8 Å². The number of aromatic nitrogens is 1. The molecule has 0 saturated carbocycles. The number of nitrogens with zero attached hydrogens (tertiary/aromatic N) is 1. The second kappa shape index (κ2) is 10.5. The molecule has 0 aliphatic rings. The first-order chi connectivity index (χ1) is 17.2. The van der Waals surface area contributed by atoms with Crippen molar-refractivity contribution >= 4 is 43.9 Å². The number of benzene rings is 3. The summed E-state index contributed by atoms with van der Waals surface area (Å²) in [6.07, 6.45) is 1.51. The summed E-state index contributed by atoms with van der Waals surface area (Å²) < 4.78 is 23.1. The fourth-order valence-corrected chi connectivity index (χ4v) is 4.44. The number of primary sulfonamides is 1. The Bertz CT molecular complexity index is 1550. The molecule has 9 nitrogen and oxygen atoms in total. The number of carboxylic acid groups (broad SMARTS) is 1. The predicted octanol–water partition coefficient (Wildman–Crippen LogP) is 4.59. The topological polar surface area (TPSA) is 158 Å². The molecule has 6 N–H and O–H groups in total. The molecule has 1 heterocycles. The van der Waals surface area contributed by atoms with Gasteiger partial charge in [0.05, 0.1) is 16.3 Å². The fourth-order valence-electron chi connectivity index (χ4n) is 3.27. The minimum absolute atomic E-state index is 0.0358. The van der Waals surface area contributed by atoms with Crippen molar-refractivity contribution in [3.8, 4) is 11.1 Å². The first kappa shape index (κ1) is 24.8. The standard InChI is InChI=1S/C25H21N5O4S2/c26-23(18-8-4-7-17(13-18)16-5-2-1-3-6-16)21(14-28-25-30-22(15-35-25)24(31)32)29-19-9-11-20(12-10-19)36(27,33)34/h1-15,26,29H,(H,28,30)(H,31,32)(H2,27,33,34)/b21-14+,26-23?. The molecule has 0 radical (unpaired) electrons. The maximum Gasteiger partial charge on any atom is 0.355 e. The quantitative estimate of drug-likeness (QED) is 0.202. The highest BCUT2D eigenvalue weighted by molar-refractivity contribution is 7.89. The smallest absolute Gasteiger partial charge is 0.355 e. The van der Waals surface area contributed by atoms with Crippen molar-refractivity contribution in [3.05, 3.63) is 107 Å².